The molecule has 1 saturated heterocycles. The Morgan fingerprint density at radius 3 is 2.56 bits per heavy atom. The van der Waals surface area contributed by atoms with Gasteiger partial charge in [0.25, 0.3) is 5.91 Å². The van der Waals surface area contributed by atoms with Crippen LogP contribution in [0.4, 0.5) is 0 Å². The molecule has 43 heavy (non-hydrogen) atoms. The highest BCUT2D eigenvalue weighted by Gasteiger charge is 2.38. The van der Waals surface area contributed by atoms with Crippen molar-refractivity contribution in [1.82, 2.24) is 31.2 Å². The lowest BCUT2D eigenvalue weighted by atomic mass is 10.0. The van der Waals surface area contributed by atoms with Crippen LogP contribution in [0.15, 0.2) is 48.7 Å². The number of nitrogens with one attached hydrogen (secondary N) is 4. The van der Waals surface area contributed by atoms with Crippen LogP contribution in [0.1, 0.15) is 56.1 Å². The number of ether oxygens (including phenoxy) is 1. The molecule has 1 aromatic heterocycles. The van der Waals surface area contributed by atoms with Gasteiger partial charge in [0.2, 0.25) is 23.6 Å². The molecule has 4 atom stereocenters. The fraction of sp³-hybridized carbons (Fsp3) is 0.484. The summed E-state index contributed by atoms with van der Waals surface area (Å²) in [5, 5.41) is 11.2. The third-order valence-corrected chi connectivity index (χ3v) is 7.54. The molecule has 2 aliphatic rings. The number of para-hydroxylation sites is 1. The summed E-state index contributed by atoms with van der Waals surface area (Å²) in [6.45, 7) is 6.05. The lowest BCUT2D eigenvalue weighted by molar-refractivity contribution is -0.141. The van der Waals surface area contributed by atoms with Gasteiger partial charge in [-0.1, -0.05) is 32.0 Å². The Bertz CT molecular complexity index is 1320. The molecule has 0 unspecified atom stereocenters. The van der Waals surface area contributed by atoms with Crippen LogP contribution in [0.5, 0.6) is 5.75 Å². The van der Waals surface area contributed by atoms with E-state index in [2.05, 4.69) is 26.3 Å². The Labute approximate surface area is 251 Å². The van der Waals surface area contributed by atoms with Crippen LogP contribution in [0.3, 0.4) is 0 Å². The summed E-state index contributed by atoms with van der Waals surface area (Å²) in [4.78, 5) is 72.6. The topological polar surface area (TPSA) is 159 Å². The minimum atomic E-state index is -1.21. The van der Waals surface area contributed by atoms with E-state index in [-0.39, 0.29) is 42.7 Å². The Hall–Kier alpha value is -4.48. The molecule has 2 aliphatic heterocycles. The first-order chi connectivity index (χ1) is 20.6. The van der Waals surface area contributed by atoms with Crippen molar-refractivity contribution in [3.05, 3.63) is 59.9 Å². The van der Waals surface area contributed by atoms with Gasteiger partial charge in [0.15, 0.2) is 0 Å². The molecule has 1 fully saturated rings. The summed E-state index contributed by atoms with van der Waals surface area (Å²) >= 11 is 0. The summed E-state index contributed by atoms with van der Waals surface area (Å²) in [6, 6.07) is 8.80. The van der Waals surface area contributed by atoms with Crippen LogP contribution in [0.25, 0.3) is 0 Å². The smallest absolute Gasteiger partial charge is 0.255 e. The first kappa shape index (κ1) is 31.5. The first-order valence-corrected chi connectivity index (χ1v) is 14.7. The molecule has 0 bridgehead atoms. The predicted octanol–water partition coefficient (Wildman–Crippen LogP) is 0.958. The van der Waals surface area contributed by atoms with E-state index >= 15 is 0 Å². The van der Waals surface area contributed by atoms with Crippen LogP contribution in [0.2, 0.25) is 0 Å². The molecule has 2 aromatic rings. The van der Waals surface area contributed by atoms with E-state index < -0.39 is 47.8 Å². The maximum absolute atomic E-state index is 13.6. The van der Waals surface area contributed by atoms with Crippen molar-refractivity contribution < 1.29 is 28.7 Å². The number of hydrogen-bond donors (Lipinski definition) is 4. The molecule has 3 heterocycles. The van der Waals surface area contributed by atoms with Crippen LogP contribution in [-0.2, 0) is 25.6 Å². The summed E-state index contributed by atoms with van der Waals surface area (Å²) in [7, 11) is 0. The highest BCUT2D eigenvalue weighted by molar-refractivity contribution is 6.01. The van der Waals surface area contributed by atoms with Gasteiger partial charge in [-0.05, 0) is 49.9 Å². The van der Waals surface area contributed by atoms with Crippen molar-refractivity contribution in [3.8, 4) is 5.75 Å². The molecule has 230 valence electrons. The summed E-state index contributed by atoms with van der Waals surface area (Å²) in [6.07, 6.45) is 2.80. The standard InChI is InChI=1S/C31H40N6O6/c1-19(2)27-31(42)34-20(3)18-43-25-12-5-4-10-22(25)28(39)35-23(29(40)33-15-13-21-9-6-7-14-32-21)17-26(38)37-16-8-11-24(37)30(41)36-27/h4-7,9-10,12,14,19-20,23-24,27H,8,11,13,15-18H2,1-3H3,(H,33,40)(H,34,42)(H,35,39)(H,36,41)/t20-,23-,24-,27+/m0/s1. The van der Waals surface area contributed by atoms with Gasteiger partial charge in [-0.3, -0.25) is 29.0 Å². The van der Waals surface area contributed by atoms with Crippen LogP contribution >= 0.6 is 0 Å². The monoisotopic (exact) mass is 592 g/mol. The van der Waals surface area contributed by atoms with E-state index in [1.807, 2.05) is 26.0 Å². The Kier molecular flexibility index (Phi) is 10.7. The van der Waals surface area contributed by atoms with Crippen molar-refractivity contribution in [1.29, 1.82) is 0 Å². The van der Waals surface area contributed by atoms with Crippen molar-refractivity contribution in [2.45, 2.75) is 70.6 Å². The van der Waals surface area contributed by atoms with Gasteiger partial charge >= 0.3 is 0 Å². The predicted molar refractivity (Wildman–Crippen MR) is 158 cm³/mol. The van der Waals surface area contributed by atoms with Gasteiger partial charge in [-0.15, -0.1) is 0 Å². The van der Waals surface area contributed by atoms with Gasteiger partial charge in [0.05, 0.1) is 18.0 Å². The van der Waals surface area contributed by atoms with Gasteiger partial charge < -0.3 is 30.9 Å². The van der Waals surface area contributed by atoms with E-state index in [9.17, 15) is 24.0 Å². The molecule has 0 aliphatic carbocycles. The number of hydrogen-bond acceptors (Lipinski definition) is 7. The zero-order chi connectivity index (χ0) is 30.9. The minimum Gasteiger partial charge on any atom is -0.491 e. The van der Waals surface area contributed by atoms with E-state index in [1.54, 1.807) is 43.5 Å². The normalized spacial score (nSPS) is 23.7. The zero-order valence-corrected chi connectivity index (χ0v) is 24.8. The van der Waals surface area contributed by atoms with E-state index in [0.29, 0.717) is 25.8 Å². The average Bonchev–Trinajstić information content (AvgIpc) is 3.49. The number of rotatable bonds is 5. The van der Waals surface area contributed by atoms with Crippen molar-refractivity contribution in [2.24, 2.45) is 5.92 Å². The second-order valence-corrected chi connectivity index (χ2v) is 11.3. The number of pyridine rings is 1. The summed E-state index contributed by atoms with van der Waals surface area (Å²) in [5.74, 6) is -2.32. The third kappa shape index (κ3) is 8.30. The fourth-order valence-electron chi connectivity index (χ4n) is 5.21. The number of aromatic nitrogens is 1. The highest BCUT2D eigenvalue weighted by Crippen LogP contribution is 2.22. The second kappa shape index (κ2) is 14.6. The lowest BCUT2D eigenvalue weighted by Crippen LogP contribution is -2.57. The van der Waals surface area contributed by atoms with E-state index in [4.69, 9.17) is 4.74 Å². The first-order valence-electron chi connectivity index (χ1n) is 14.7. The Morgan fingerprint density at radius 1 is 1.05 bits per heavy atom. The largest absolute Gasteiger partial charge is 0.491 e. The van der Waals surface area contributed by atoms with Crippen molar-refractivity contribution in [3.63, 3.8) is 0 Å². The quantitative estimate of drug-likeness (QED) is 0.403. The van der Waals surface area contributed by atoms with E-state index in [1.165, 1.54) is 4.90 Å². The minimum absolute atomic E-state index is 0.0567. The number of carbonyl (C=O) groups excluding carboxylic acids is 5. The fourth-order valence-corrected chi connectivity index (χ4v) is 5.21. The van der Waals surface area contributed by atoms with Crippen LogP contribution in [-0.4, -0.2) is 83.3 Å². The van der Waals surface area contributed by atoms with Crippen LogP contribution < -0.4 is 26.0 Å². The second-order valence-electron chi connectivity index (χ2n) is 11.3. The molecule has 0 saturated carbocycles. The zero-order valence-electron chi connectivity index (χ0n) is 24.8. The molecular formula is C31H40N6O6. The number of amides is 5. The Morgan fingerprint density at radius 2 is 1.81 bits per heavy atom. The molecule has 5 amide bonds. The van der Waals surface area contributed by atoms with Gasteiger partial charge in [0.1, 0.15) is 30.5 Å². The maximum Gasteiger partial charge on any atom is 0.255 e. The maximum atomic E-state index is 13.6. The number of benzene rings is 1. The highest BCUT2D eigenvalue weighted by atomic mass is 16.5. The summed E-state index contributed by atoms with van der Waals surface area (Å²) in [5.41, 5.74) is 0.968. The Balaban J connectivity index is 1.60. The molecule has 1 aromatic carbocycles. The third-order valence-electron chi connectivity index (χ3n) is 7.54. The molecule has 0 spiro atoms. The van der Waals surface area contributed by atoms with Gasteiger partial charge in [-0.2, -0.15) is 0 Å². The number of nitrogens with zero attached hydrogens (tertiary/aromatic N) is 2. The average molecular weight is 593 g/mol. The molecule has 12 heteroatoms. The lowest BCUT2D eigenvalue weighted by Gasteiger charge is -2.29. The summed E-state index contributed by atoms with van der Waals surface area (Å²) < 4.78 is 5.91. The number of fused-ring (bicyclic) bond motifs is 2. The van der Waals surface area contributed by atoms with Gasteiger partial charge in [0, 0.05) is 31.4 Å². The van der Waals surface area contributed by atoms with E-state index in [0.717, 1.165) is 5.69 Å². The molecule has 12 nitrogen and oxygen atoms in total. The van der Waals surface area contributed by atoms with Gasteiger partial charge in [-0.25, -0.2) is 0 Å². The molecular weight excluding hydrogens is 552 g/mol. The SMILES string of the molecule is CC(C)[C@H]1NC(=O)[C@@H]2CCCN2C(=O)C[C@@H](C(=O)NCCc2ccccn2)NC(=O)c2ccccc2OC[C@H](C)NC1=O. The molecule has 4 rings (SSSR count). The van der Waals surface area contributed by atoms with Crippen LogP contribution in [0, 0.1) is 5.92 Å². The van der Waals surface area contributed by atoms with Crippen molar-refractivity contribution in [2.75, 3.05) is 19.7 Å². The molecule has 4 N–H and O–H groups in total. The molecule has 0 radical (unpaired) electrons. The number of carbonyl (C=O) groups is 5. The van der Waals surface area contributed by atoms with Crippen molar-refractivity contribution >= 4 is 29.5 Å².